The Bertz CT molecular complexity index is 1140. The van der Waals surface area contributed by atoms with E-state index in [9.17, 15) is 9.59 Å². The van der Waals surface area contributed by atoms with Gasteiger partial charge in [-0.25, -0.2) is 0 Å². The minimum Gasteiger partial charge on any atom is -0.486 e. The number of ether oxygens (including phenoxy) is 1. The summed E-state index contributed by atoms with van der Waals surface area (Å²) in [5.41, 5.74) is 3.65. The molecular formula is C23H23N3O3. The summed E-state index contributed by atoms with van der Waals surface area (Å²) in [6, 6.07) is 9.61. The zero-order valence-corrected chi connectivity index (χ0v) is 16.6. The van der Waals surface area contributed by atoms with Crippen LogP contribution in [0, 0.1) is 13.8 Å². The summed E-state index contributed by atoms with van der Waals surface area (Å²) < 4.78 is 6.43. The van der Waals surface area contributed by atoms with Crippen LogP contribution in [0.5, 0.6) is 5.75 Å². The Balaban J connectivity index is 1.37. The first-order valence-electron chi connectivity index (χ1n) is 10.0. The molecular weight excluding hydrogens is 366 g/mol. The van der Waals surface area contributed by atoms with Crippen LogP contribution in [-0.4, -0.2) is 45.5 Å². The van der Waals surface area contributed by atoms with Gasteiger partial charge in [-0.3, -0.25) is 14.7 Å². The van der Waals surface area contributed by atoms with Gasteiger partial charge in [-0.05, 0) is 37.1 Å². The number of hydrogen-bond donors (Lipinski definition) is 1. The number of hydrogen-bond acceptors (Lipinski definition) is 4. The Hall–Kier alpha value is -3.15. The van der Waals surface area contributed by atoms with Crippen LogP contribution in [0.2, 0.25) is 0 Å². The number of aromatic amines is 1. The first kappa shape index (κ1) is 17.9. The average molecular weight is 389 g/mol. The third-order valence-corrected chi connectivity index (χ3v) is 6.19. The normalized spacial score (nSPS) is 18.0. The Morgan fingerprint density at radius 1 is 1.21 bits per heavy atom. The van der Waals surface area contributed by atoms with Crippen molar-refractivity contribution >= 4 is 22.6 Å². The second kappa shape index (κ2) is 6.44. The molecule has 148 valence electrons. The molecule has 0 bridgehead atoms. The largest absolute Gasteiger partial charge is 0.486 e. The van der Waals surface area contributed by atoms with Crippen molar-refractivity contribution in [1.29, 1.82) is 0 Å². The van der Waals surface area contributed by atoms with Crippen LogP contribution in [0.15, 0.2) is 36.5 Å². The number of nitrogens with zero attached hydrogens (tertiary/aromatic N) is 2. The highest BCUT2D eigenvalue weighted by molar-refractivity contribution is 6.05. The molecule has 1 fully saturated rings. The van der Waals surface area contributed by atoms with E-state index in [-0.39, 0.29) is 11.7 Å². The van der Waals surface area contributed by atoms with Crippen molar-refractivity contribution in [2.75, 3.05) is 13.1 Å². The van der Waals surface area contributed by atoms with E-state index in [1.807, 2.05) is 43.0 Å². The number of carbonyl (C=O) groups excluding carboxylic acids is 2. The summed E-state index contributed by atoms with van der Waals surface area (Å²) in [5.74, 6) is 0.845. The number of ketones is 1. The van der Waals surface area contributed by atoms with E-state index >= 15 is 0 Å². The molecule has 0 atom stereocenters. The Labute approximate surface area is 168 Å². The number of aromatic nitrogens is 2. The van der Waals surface area contributed by atoms with Gasteiger partial charge >= 0.3 is 0 Å². The molecule has 3 heterocycles. The van der Waals surface area contributed by atoms with Gasteiger partial charge in [-0.2, -0.15) is 5.10 Å². The third kappa shape index (κ3) is 2.90. The van der Waals surface area contributed by atoms with E-state index in [0.717, 1.165) is 22.0 Å². The smallest absolute Gasteiger partial charge is 0.256 e. The van der Waals surface area contributed by atoms with E-state index in [4.69, 9.17) is 4.74 Å². The molecule has 1 N–H and O–H groups in total. The van der Waals surface area contributed by atoms with Gasteiger partial charge in [-0.1, -0.05) is 18.2 Å². The van der Waals surface area contributed by atoms with Gasteiger partial charge in [-0.15, -0.1) is 0 Å². The van der Waals surface area contributed by atoms with Crippen molar-refractivity contribution < 1.29 is 14.3 Å². The van der Waals surface area contributed by atoms with Crippen LogP contribution in [-0.2, 0) is 0 Å². The van der Waals surface area contributed by atoms with Crippen molar-refractivity contribution in [1.82, 2.24) is 15.1 Å². The Kier molecular flexibility index (Phi) is 3.98. The minimum absolute atomic E-state index is 0.0101. The lowest BCUT2D eigenvalue weighted by molar-refractivity contribution is -0.00614. The molecule has 0 unspecified atom stereocenters. The summed E-state index contributed by atoms with van der Waals surface area (Å²) in [4.78, 5) is 27.8. The fourth-order valence-electron chi connectivity index (χ4n) is 4.65. The molecule has 5 rings (SSSR count). The standard InChI is InChI=1S/C23H23N3O3/c1-14-10-15(2)21-18(11-14)19(27)12-23(29-21)6-8-26(9-7-23)22(28)17-5-3-4-16-13-24-25-20(16)17/h3-5,10-11,13H,6-9,12H2,1-2H3,(H,24,25). The number of benzene rings is 2. The van der Waals surface area contributed by atoms with Crippen LogP contribution in [0.25, 0.3) is 10.9 Å². The molecule has 0 saturated carbocycles. The predicted octanol–water partition coefficient (Wildman–Crippen LogP) is 3.82. The number of carbonyl (C=O) groups is 2. The topological polar surface area (TPSA) is 75.3 Å². The monoisotopic (exact) mass is 389 g/mol. The van der Waals surface area contributed by atoms with Gasteiger partial charge in [0.2, 0.25) is 0 Å². The molecule has 2 aliphatic rings. The Morgan fingerprint density at radius 3 is 2.79 bits per heavy atom. The summed E-state index contributed by atoms with van der Waals surface area (Å²) in [5, 5.41) is 7.90. The number of Topliss-reactive ketones (excluding diaryl/α,β-unsaturated/α-hetero) is 1. The number of amides is 1. The molecule has 1 saturated heterocycles. The maximum atomic E-state index is 13.1. The van der Waals surface area contributed by atoms with E-state index in [2.05, 4.69) is 16.3 Å². The first-order valence-corrected chi connectivity index (χ1v) is 10.0. The molecule has 29 heavy (non-hydrogen) atoms. The van der Waals surface area contributed by atoms with Crippen LogP contribution in [0.1, 0.15) is 51.1 Å². The summed E-state index contributed by atoms with van der Waals surface area (Å²) >= 11 is 0. The van der Waals surface area contributed by atoms with Crippen LogP contribution in [0.4, 0.5) is 0 Å². The van der Waals surface area contributed by atoms with Crippen molar-refractivity contribution in [3.63, 3.8) is 0 Å². The number of rotatable bonds is 1. The predicted molar refractivity (Wildman–Crippen MR) is 109 cm³/mol. The molecule has 0 radical (unpaired) electrons. The molecule has 3 aromatic rings. The molecule has 2 aliphatic heterocycles. The number of piperidine rings is 1. The van der Waals surface area contributed by atoms with E-state index in [0.29, 0.717) is 49.2 Å². The number of nitrogens with one attached hydrogen (secondary N) is 1. The number of aryl methyl sites for hydroxylation is 2. The zero-order chi connectivity index (χ0) is 20.2. The van der Waals surface area contributed by atoms with Crippen LogP contribution in [0.3, 0.4) is 0 Å². The second-order valence-corrected chi connectivity index (χ2v) is 8.28. The Morgan fingerprint density at radius 2 is 2.00 bits per heavy atom. The quantitative estimate of drug-likeness (QED) is 0.687. The number of H-pyrrole nitrogens is 1. The molecule has 6 heteroatoms. The fraction of sp³-hybridized carbons (Fsp3) is 0.348. The van der Waals surface area contributed by atoms with E-state index in [1.165, 1.54) is 0 Å². The molecule has 6 nitrogen and oxygen atoms in total. The van der Waals surface area contributed by atoms with Gasteiger partial charge < -0.3 is 9.64 Å². The van der Waals surface area contributed by atoms with Crippen molar-refractivity contribution in [3.8, 4) is 5.75 Å². The summed E-state index contributed by atoms with van der Waals surface area (Å²) in [6.45, 7) is 5.12. The zero-order valence-electron chi connectivity index (χ0n) is 16.6. The SMILES string of the molecule is Cc1cc(C)c2c(c1)C(=O)CC1(CCN(C(=O)c3cccc4cn[nH]c34)CC1)O2. The lowest BCUT2D eigenvalue weighted by Crippen LogP contribution is -2.52. The number of para-hydroxylation sites is 1. The molecule has 0 aliphatic carbocycles. The van der Waals surface area contributed by atoms with E-state index < -0.39 is 5.60 Å². The lowest BCUT2D eigenvalue weighted by atomic mass is 9.81. The van der Waals surface area contributed by atoms with Crippen LogP contribution < -0.4 is 4.74 Å². The summed E-state index contributed by atoms with van der Waals surface area (Å²) in [7, 11) is 0. The van der Waals surface area contributed by atoms with Crippen molar-refractivity contribution in [2.45, 2.75) is 38.7 Å². The van der Waals surface area contributed by atoms with Gasteiger partial charge in [0, 0.05) is 31.3 Å². The number of fused-ring (bicyclic) bond motifs is 2. The number of likely N-dealkylation sites (tertiary alicyclic amines) is 1. The first-order chi connectivity index (χ1) is 14.0. The second-order valence-electron chi connectivity index (χ2n) is 8.28. The van der Waals surface area contributed by atoms with Crippen molar-refractivity contribution in [2.24, 2.45) is 0 Å². The van der Waals surface area contributed by atoms with Crippen LogP contribution >= 0.6 is 0 Å². The molecule has 2 aromatic carbocycles. The van der Waals surface area contributed by atoms with E-state index in [1.54, 1.807) is 6.20 Å². The molecule has 1 amide bonds. The maximum Gasteiger partial charge on any atom is 0.256 e. The van der Waals surface area contributed by atoms with Gasteiger partial charge in [0.05, 0.1) is 29.3 Å². The molecule has 1 spiro atoms. The van der Waals surface area contributed by atoms with Gasteiger partial charge in [0.1, 0.15) is 11.4 Å². The highest BCUT2D eigenvalue weighted by Crippen LogP contribution is 2.41. The third-order valence-electron chi connectivity index (χ3n) is 6.19. The van der Waals surface area contributed by atoms with Gasteiger partial charge in [0.25, 0.3) is 5.91 Å². The lowest BCUT2D eigenvalue weighted by Gasteiger charge is -2.44. The summed E-state index contributed by atoms with van der Waals surface area (Å²) in [6.07, 6.45) is 3.40. The average Bonchev–Trinajstić information content (AvgIpc) is 3.18. The highest BCUT2D eigenvalue weighted by Gasteiger charge is 2.44. The fourth-order valence-corrected chi connectivity index (χ4v) is 4.65. The minimum atomic E-state index is -0.513. The maximum absolute atomic E-state index is 13.1. The highest BCUT2D eigenvalue weighted by atomic mass is 16.5. The van der Waals surface area contributed by atoms with Gasteiger partial charge in [0.15, 0.2) is 5.78 Å². The molecule has 1 aromatic heterocycles. The van der Waals surface area contributed by atoms with Crippen molar-refractivity contribution in [3.05, 3.63) is 58.8 Å².